The summed E-state index contributed by atoms with van der Waals surface area (Å²) in [7, 11) is 0. The fourth-order valence-electron chi connectivity index (χ4n) is 1.71. The molecule has 1 aromatic heterocycles. The summed E-state index contributed by atoms with van der Waals surface area (Å²) >= 11 is 9.99. The number of hydrogen-bond acceptors (Lipinski definition) is 3. The molecule has 80 valence electrons. The maximum atomic E-state index is 11.7. The van der Waals surface area contributed by atoms with Gasteiger partial charge >= 0.3 is 0 Å². The molecule has 3 nitrogen and oxygen atoms in total. The zero-order chi connectivity index (χ0) is 10.8. The van der Waals surface area contributed by atoms with Gasteiger partial charge in [-0.25, -0.2) is 4.98 Å². The van der Waals surface area contributed by atoms with Crippen molar-refractivity contribution in [2.45, 2.75) is 6.42 Å². The Morgan fingerprint density at radius 1 is 1.67 bits per heavy atom. The lowest BCUT2D eigenvalue weighted by Gasteiger charge is -2.16. The van der Waals surface area contributed by atoms with Gasteiger partial charge in [-0.1, -0.05) is 11.6 Å². The van der Waals surface area contributed by atoms with Gasteiger partial charge in [-0.2, -0.15) is 12.6 Å². The molecule has 0 aromatic carbocycles. The van der Waals surface area contributed by atoms with Crippen LogP contribution in [0.15, 0.2) is 18.3 Å². The Bertz CT molecular complexity index is 385. The van der Waals surface area contributed by atoms with Crippen LogP contribution >= 0.6 is 24.2 Å². The van der Waals surface area contributed by atoms with Crippen molar-refractivity contribution in [2.75, 3.05) is 17.2 Å². The number of nitrogens with zero attached hydrogens (tertiary/aromatic N) is 2. The Labute approximate surface area is 98.8 Å². The first kappa shape index (κ1) is 10.8. The SMILES string of the molecule is O=C1CC(CS)CN1c1ccnc(Cl)c1. The summed E-state index contributed by atoms with van der Waals surface area (Å²) in [6.07, 6.45) is 2.18. The van der Waals surface area contributed by atoms with Crippen molar-refractivity contribution in [3.63, 3.8) is 0 Å². The van der Waals surface area contributed by atoms with Crippen molar-refractivity contribution in [3.05, 3.63) is 23.5 Å². The number of anilines is 1. The molecule has 2 heterocycles. The molecule has 1 aliphatic heterocycles. The molecular weight excluding hydrogens is 232 g/mol. The molecule has 15 heavy (non-hydrogen) atoms. The maximum absolute atomic E-state index is 11.7. The van der Waals surface area contributed by atoms with E-state index in [2.05, 4.69) is 17.6 Å². The predicted octanol–water partition coefficient (Wildman–Crippen LogP) is 2.02. The number of carbonyl (C=O) groups excluding carboxylic acids is 1. The first-order valence-electron chi connectivity index (χ1n) is 4.73. The zero-order valence-electron chi connectivity index (χ0n) is 8.06. The van der Waals surface area contributed by atoms with Crippen molar-refractivity contribution < 1.29 is 4.79 Å². The van der Waals surface area contributed by atoms with E-state index in [1.807, 2.05) is 0 Å². The van der Waals surface area contributed by atoms with Gasteiger partial charge in [0.2, 0.25) is 5.91 Å². The molecule has 0 saturated carbocycles. The molecule has 1 saturated heterocycles. The van der Waals surface area contributed by atoms with Crippen molar-refractivity contribution in [1.29, 1.82) is 0 Å². The van der Waals surface area contributed by atoms with Crippen LogP contribution in [0.1, 0.15) is 6.42 Å². The lowest BCUT2D eigenvalue weighted by Crippen LogP contribution is -2.24. The van der Waals surface area contributed by atoms with E-state index in [4.69, 9.17) is 11.6 Å². The summed E-state index contributed by atoms with van der Waals surface area (Å²) < 4.78 is 0. The number of amides is 1. The highest BCUT2D eigenvalue weighted by Gasteiger charge is 2.29. The summed E-state index contributed by atoms with van der Waals surface area (Å²) in [5.74, 6) is 1.21. The third-order valence-electron chi connectivity index (χ3n) is 2.49. The largest absolute Gasteiger partial charge is 0.312 e. The summed E-state index contributed by atoms with van der Waals surface area (Å²) in [6.45, 7) is 0.725. The number of thiol groups is 1. The highest BCUT2D eigenvalue weighted by molar-refractivity contribution is 7.80. The molecule has 0 N–H and O–H groups in total. The van der Waals surface area contributed by atoms with Gasteiger partial charge in [0.05, 0.1) is 0 Å². The minimum atomic E-state index is 0.135. The molecular formula is C10H11ClN2OS. The Morgan fingerprint density at radius 2 is 2.47 bits per heavy atom. The number of pyridine rings is 1. The molecule has 1 aliphatic rings. The summed E-state index contributed by atoms with van der Waals surface area (Å²) in [4.78, 5) is 17.3. The Morgan fingerprint density at radius 3 is 3.07 bits per heavy atom. The zero-order valence-corrected chi connectivity index (χ0v) is 9.71. The third-order valence-corrected chi connectivity index (χ3v) is 3.21. The minimum absolute atomic E-state index is 0.135. The number of halogens is 1. The molecule has 1 amide bonds. The quantitative estimate of drug-likeness (QED) is 0.636. The van der Waals surface area contributed by atoms with Gasteiger partial charge < -0.3 is 4.90 Å². The molecule has 1 fully saturated rings. The van der Waals surface area contributed by atoms with Crippen molar-refractivity contribution in [2.24, 2.45) is 5.92 Å². The third kappa shape index (κ3) is 2.26. The van der Waals surface area contributed by atoms with E-state index in [1.54, 1.807) is 23.2 Å². The van der Waals surface area contributed by atoms with Crippen LogP contribution in [-0.2, 0) is 4.79 Å². The van der Waals surface area contributed by atoms with Crippen LogP contribution in [0.2, 0.25) is 5.15 Å². The van der Waals surface area contributed by atoms with Crippen LogP contribution in [0.25, 0.3) is 0 Å². The van der Waals surface area contributed by atoms with Crippen LogP contribution in [0, 0.1) is 5.92 Å². The van der Waals surface area contributed by atoms with Crippen LogP contribution in [0.5, 0.6) is 0 Å². The standard InChI is InChI=1S/C10H11ClN2OS/c11-9-4-8(1-2-12-9)13-5-7(6-15)3-10(13)14/h1-2,4,7,15H,3,5-6H2. The van der Waals surface area contributed by atoms with E-state index in [-0.39, 0.29) is 5.91 Å². The van der Waals surface area contributed by atoms with Gasteiger partial charge in [0.25, 0.3) is 0 Å². The van der Waals surface area contributed by atoms with Crippen molar-refractivity contribution in [1.82, 2.24) is 4.98 Å². The minimum Gasteiger partial charge on any atom is -0.312 e. The summed E-state index contributed by atoms with van der Waals surface area (Å²) in [6, 6.07) is 3.50. The van der Waals surface area contributed by atoms with Crippen LogP contribution in [0.4, 0.5) is 5.69 Å². The molecule has 1 aromatic rings. The first-order valence-corrected chi connectivity index (χ1v) is 5.74. The molecule has 5 heteroatoms. The van der Waals surface area contributed by atoms with Crippen LogP contribution in [0.3, 0.4) is 0 Å². The number of rotatable bonds is 2. The van der Waals surface area contributed by atoms with E-state index in [0.29, 0.717) is 17.5 Å². The van der Waals surface area contributed by atoms with E-state index in [0.717, 1.165) is 18.0 Å². The Hall–Kier alpha value is -0.740. The number of aromatic nitrogens is 1. The average molecular weight is 243 g/mol. The molecule has 0 spiro atoms. The predicted molar refractivity (Wildman–Crippen MR) is 63.6 cm³/mol. The topological polar surface area (TPSA) is 33.2 Å². The Balaban J connectivity index is 2.21. The van der Waals surface area contributed by atoms with Crippen molar-refractivity contribution in [3.8, 4) is 0 Å². The van der Waals surface area contributed by atoms with E-state index in [9.17, 15) is 4.79 Å². The van der Waals surface area contributed by atoms with Gasteiger partial charge in [-0.3, -0.25) is 4.79 Å². The first-order chi connectivity index (χ1) is 7.20. The molecule has 2 rings (SSSR count). The lowest BCUT2D eigenvalue weighted by molar-refractivity contribution is -0.117. The molecule has 0 aliphatic carbocycles. The van der Waals surface area contributed by atoms with Crippen LogP contribution < -0.4 is 4.90 Å². The van der Waals surface area contributed by atoms with Gasteiger partial charge in [-0.05, 0) is 23.8 Å². The highest BCUT2D eigenvalue weighted by atomic mass is 35.5. The smallest absolute Gasteiger partial charge is 0.227 e. The summed E-state index contributed by atoms with van der Waals surface area (Å²) in [5.41, 5.74) is 0.823. The number of carbonyl (C=O) groups is 1. The average Bonchev–Trinajstić information content (AvgIpc) is 2.60. The second-order valence-corrected chi connectivity index (χ2v) is 4.35. The monoisotopic (exact) mass is 242 g/mol. The molecule has 1 unspecified atom stereocenters. The Kier molecular flexibility index (Phi) is 3.17. The van der Waals surface area contributed by atoms with Crippen molar-refractivity contribution >= 4 is 35.8 Å². The van der Waals surface area contributed by atoms with Gasteiger partial charge in [0.15, 0.2) is 0 Å². The fourth-order valence-corrected chi connectivity index (χ4v) is 2.13. The summed E-state index contributed by atoms with van der Waals surface area (Å²) in [5, 5.41) is 0.412. The van der Waals surface area contributed by atoms with E-state index >= 15 is 0 Å². The normalized spacial score (nSPS) is 21.1. The van der Waals surface area contributed by atoms with Gasteiger partial charge in [0.1, 0.15) is 5.15 Å². The fraction of sp³-hybridized carbons (Fsp3) is 0.400. The van der Waals surface area contributed by atoms with Gasteiger partial charge in [-0.15, -0.1) is 0 Å². The molecule has 0 bridgehead atoms. The van der Waals surface area contributed by atoms with E-state index in [1.165, 1.54) is 0 Å². The maximum Gasteiger partial charge on any atom is 0.227 e. The second kappa shape index (κ2) is 4.41. The van der Waals surface area contributed by atoms with Gasteiger partial charge in [0, 0.05) is 24.8 Å². The highest BCUT2D eigenvalue weighted by Crippen LogP contribution is 2.26. The second-order valence-electron chi connectivity index (χ2n) is 3.59. The lowest BCUT2D eigenvalue weighted by atomic mass is 10.1. The number of hydrogen-bond donors (Lipinski definition) is 1. The molecule has 0 radical (unpaired) electrons. The molecule has 1 atom stereocenters. The van der Waals surface area contributed by atoms with E-state index < -0.39 is 0 Å². The van der Waals surface area contributed by atoms with Crippen LogP contribution in [-0.4, -0.2) is 23.2 Å².